The Morgan fingerprint density at radius 2 is 2.07 bits per heavy atom. The largest absolute Gasteiger partial charge is 0.356 e. The fourth-order valence-corrected chi connectivity index (χ4v) is 2.38. The number of allylic oxidation sites excluding steroid dienone is 7. The molecule has 0 aliphatic heterocycles. The summed E-state index contributed by atoms with van der Waals surface area (Å²) in [6.07, 6.45) is 2.61. The lowest BCUT2D eigenvalue weighted by Gasteiger charge is -2.23. The Hall–Kier alpha value is -3.13. The number of rotatable bonds is 8. The van der Waals surface area contributed by atoms with E-state index in [0.29, 0.717) is 5.01 Å². The summed E-state index contributed by atoms with van der Waals surface area (Å²) in [6, 6.07) is 6.29. The van der Waals surface area contributed by atoms with E-state index in [1.54, 1.807) is 6.08 Å². The molecule has 1 aromatic carbocycles. The van der Waals surface area contributed by atoms with Crippen LogP contribution < -0.4 is 10.9 Å². The van der Waals surface area contributed by atoms with Crippen LogP contribution in [0.25, 0.3) is 5.57 Å². The second-order valence-electron chi connectivity index (χ2n) is 5.75. The maximum atomic E-state index is 13.8. The van der Waals surface area contributed by atoms with Crippen molar-refractivity contribution in [2.45, 2.75) is 19.8 Å². The van der Waals surface area contributed by atoms with Crippen LogP contribution in [-0.2, 0) is 6.42 Å². The number of benzene rings is 1. The summed E-state index contributed by atoms with van der Waals surface area (Å²) in [5.41, 5.74) is -0.329. The maximum Gasteiger partial charge on any atom is 0.280 e. The summed E-state index contributed by atoms with van der Waals surface area (Å²) in [4.78, 5) is 0. The molecule has 148 valence electrons. The predicted molar refractivity (Wildman–Crippen MR) is 100 cm³/mol. The van der Waals surface area contributed by atoms with Gasteiger partial charge in [0, 0.05) is 18.1 Å². The molecular weight excluding hydrogens is 374 g/mol. The SMILES string of the molecule is C=C/C=C\C=C(\F)Cc1cc(/C(C)=C(\C(F)F)N(N)c2cccc(F)c2)on1. The van der Waals surface area contributed by atoms with Crippen molar-refractivity contribution in [3.8, 4) is 0 Å². The van der Waals surface area contributed by atoms with Crippen LogP contribution in [0.3, 0.4) is 0 Å². The molecule has 0 aliphatic carbocycles. The van der Waals surface area contributed by atoms with Crippen molar-refractivity contribution >= 4 is 11.3 Å². The summed E-state index contributed by atoms with van der Waals surface area (Å²) in [7, 11) is 0. The smallest absolute Gasteiger partial charge is 0.280 e. The highest BCUT2D eigenvalue weighted by Crippen LogP contribution is 2.29. The van der Waals surface area contributed by atoms with Gasteiger partial charge in [-0.15, -0.1) is 0 Å². The lowest BCUT2D eigenvalue weighted by Crippen LogP contribution is -2.34. The molecule has 4 nitrogen and oxygen atoms in total. The average molecular weight is 393 g/mol. The molecule has 0 atom stereocenters. The number of nitrogens with two attached hydrogens (primary N) is 1. The molecule has 0 amide bonds. The Morgan fingerprint density at radius 3 is 2.71 bits per heavy atom. The highest BCUT2D eigenvalue weighted by molar-refractivity contribution is 5.69. The molecule has 2 N–H and O–H groups in total. The van der Waals surface area contributed by atoms with Gasteiger partial charge >= 0.3 is 0 Å². The second-order valence-corrected chi connectivity index (χ2v) is 5.75. The minimum atomic E-state index is -2.97. The first-order chi connectivity index (χ1) is 13.3. The fourth-order valence-electron chi connectivity index (χ4n) is 2.38. The number of alkyl halides is 2. The van der Waals surface area contributed by atoms with E-state index in [0.717, 1.165) is 6.07 Å². The summed E-state index contributed by atoms with van der Waals surface area (Å²) in [5, 5.41) is 4.38. The van der Waals surface area contributed by atoms with Crippen molar-refractivity contribution in [2.24, 2.45) is 5.84 Å². The minimum absolute atomic E-state index is 0.00329. The Labute approximate surface area is 159 Å². The molecular formula is C20H19F4N3O. The molecule has 0 aliphatic rings. The topological polar surface area (TPSA) is 55.3 Å². The van der Waals surface area contributed by atoms with Crippen molar-refractivity contribution < 1.29 is 22.1 Å². The van der Waals surface area contributed by atoms with E-state index >= 15 is 0 Å². The van der Waals surface area contributed by atoms with Gasteiger partial charge in [-0.3, -0.25) is 5.01 Å². The summed E-state index contributed by atoms with van der Waals surface area (Å²) in [5.74, 6) is 4.68. The van der Waals surface area contributed by atoms with Crippen LogP contribution in [0.1, 0.15) is 18.4 Å². The molecule has 1 aromatic heterocycles. The number of anilines is 1. The number of hydrazine groups is 1. The lowest BCUT2D eigenvalue weighted by atomic mass is 10.1. The standard InChI is InChI=1S/C20H19F4N3O/c1-3-4-5-7-14(21)10-16-12-18(28-26-16)13(2)19(20(23)24)27(25)17-9-6-8-15(22)11-17/h3-9,11-12,20H,1,10,25H2,2H3/b5-4-,14-7+,19-13+. The van der Waals surface area contributed by atoms with Crippen LogP contribution >= 0.6 is 0 Å². The monoisotopic (exact) mass is 393 g/mol. The molecule has 28 heavy (non-hydrogen) atoms. The Balaban J connectivity index is 2.31. The molecule has 0 radical (unpaired) electrons. The van der Waals surface area contributed by atoms with Crippen LogP contribution in [0, 0.1) is 5.82 Å². The number of hydrogen-bond donors (Lipinski definition) is 1. The van der Waals surface area contributed by atoms with E-state index in [1.165, 1.54) is 49.4 Å². The molecule has 0 fully saturated rings. The number of aromatic nitrogens is 1. The van der Waals surface area contributed by atoms with Gasteiger partial charge in [0.1, 0.15) is 17.3 Å². The van der Waals surface area contributed by atoms with E-state index in [4.69, 9.17) is 10.4 Å². The van der Waals surface area contributed by atoms with Crippen LogP contribution in [0.15, 0.2) is 77.3 Å². The van der Waals surface area contributed by atoms with Gasteiger partial charge in [0.25, 0.3) is 6.43 Å². The third-order valence-electron chi connectivity index (χ3n) is 3.74. The summed E-state index contributed by atoms with van der Waals surface area (Å²) < 4.78 is 59.5. The normalized spacial score (nSPS) is 13.2. The Morgan fingerprint density at radius 1 is 1.32 bits per heavy atom. The zero-order valence-corrected chi connectivity index (χ0v) is 15.1. The molecule has 2 rings (SSSR count). The van der Waals surface area contributed by atoms with E-state index in [2.05, 4.69) is 11.7 Å². The van der Waals surface area contributed by atoms with Gasteiger partial charge in [-0.2, -0.15) is 0 Å². The van der Waals surface area contributed by atoms with Crippen LogP contribution in [-0.4, -0.2) is 11.6 Å². The van der Waals surface area contributed by atoms with Gasteiger partial charge < -0.3 is 4.52 Å². The van der Waals surface area contributed by atoms with Crippen LogP contribution in [0.2, 0.25) is 0 Å². The van der Waals surface area contributed by atoms with Gasteiger partial charge in [0.15, 0.2) is 5.76 Å². The molecule has 1 heterocycles. The highest BCUT2D eigenvalue weighted by atomic mass is 19.3. The van der Waals surface area contributed by atoms with Crippen molar-refractivity contribution in [2.75, 3.05) is 5.01 Å². The summed E-state index contributed by atoms with van der Waals surface area (Å²) >= 11 is 0. The first-order valence-electron chi connectivity index (χ1n) is 8.22. The quantitative estimate of drug-likeness (QED) is 0.285. The first kappa shape index (κ1) is 21.2. The molecule has 0 saturated carbocycles. The van der Waals surface area contributed by atoms with Crippen molar-refractivity contribution in [3.63, 3.8) is 0 Å². The number of hydrogen-bond acceptors (Lipinski definition) is 4. The van der Waals surface area contributed by atoms with Gasteiger partial charge in [0.05, 0.1) is 11.4 Å². The third-order valence-corrected chi connectivity index (χ3v) is 3.74. The van der Waals surface area contributed by atoms with Gasteiger partial charge in [0.2, 0.25) is 0 Å². The zero-order valence-electron chi connectivity index (χ0n) is 15.1. The third kappa shape index (κ3) is 5.43. The lowest BCUT2D eigenvalue weighted by molar-refractivity contribution is 0.186. The molecule has 0 unspecified atom stereocenters. The minimum Gasteiger partial charge on any atom is -0.356 e. The van der Waals surface area contributed by atoms with E-state index in [1.807, 2.05) is 0 Å². The zero-order chi connectivity index (χ0) is 20.7. The van der Waals surface area contributed by atoms with E-state index in [-0.39, 0.29) is 29.1 Å². The molecule has 2 aromatic rings. The maximum absolute atomic E-state index is 13.8. The Kier molecular flexibility index (Phi) is 7.34. The molecule has 0 saturated heterocycles. The van der Waals surface area contributed by atoms with E-state index < -0.39 is 23.8 Å². The number of nitrogens with zero attached hydrogens (tertiary/aromatic N) is 2. The van der Waals surface area contributed by atoms with Crippen LogP contribution in [0.4, 0.5) is 23.2 Å². The predicted octanol–water partition coefficient (Wildman–Crippen LogP) is 5.33. The number of halogens is 4. The fraction of sp³-hybridized carbons (Fsp3) is 0.150. The summed E-state index contributed by atoms with van der Waals surface area (Å²) in [6.45, 7) is 4.83. The molecule has 8 heteroatoms. The van der Waals surface area contributed by atoms with Gasteiger partial charge in [-0.25, -0.2) is 23.4 Å². The van der Waals surface area contributed by atoms with Crippen molar-refractivity contribution in [1.82, 2.24) is 5.16 Å². The van der Waals surface area contributed by atoms with Crippen LogP contribution in [0.5, 0.6) is 0 Å². The highest BCUT2D eigenvalue weighted by Gasteiger charge is 2.24. The molecule has 0 bridgehead atoms. The van der Waals surface area contributed by atoms with Crippen molar-refractivity contribution in [3.05, 3.63) is 90.0 Å². The molecule has 0 spiro atoms. The van der Waals surface area contributed by atoms with E-state index in [9.17, 15) is 17.6 Å². The first-order valence-corrected chi connectivity index (χ1v) is 8.22. The van der Waals surface area contributed by atoms with Crippen molar-refractivity contribution in [1.29, 1.82) is 0 Å². The van der Waals surface area contributed by atoms with Gasteiger partial charge in [-0.1, -0.05) is 36.0 Å². The van der Waals surface area contributed by atoms with Gasteiger partial charge in [-0.05, 0) is 31.2 Å². The second kappa shape index (κ2) is 9.70. The Bertz CT molecular complexity index is 916. The average Bonchev–Trinajstić information content (AvgIpc) is 3.10.